The number of aliphatic hydroxyl groups is 1. The van der Waals surface area contributed by atoms with Crippen molar-refractivity contribution in [1.29, 1.82) is 0 Å². The second-order valence-electron chi connectivity index (χ2n) is 3.28. The zero-order chi connectivity index (χ0) is 11.4. The smallest absolute Gasteiger partial charge is 0.410 e. The third-order valence-corrected chi connectivity index (χ3v) is 2.25. The van der Waals surface area contributed by atoms with Crippen LogP contribution < -0.4 is 0 Å². The van der Waals surface area contributed by atoms with E-state index in [0.29, 0.717) is 0 Å². The van der Waals surface area contributed by atoms with Crippen molar-refractivity contribution >= 4 is 12.1 Å². The fourth-order valence-electron chi connectivity index (χ4n) is 1.58. The molecule has 86 valence electrons. The number of carbonyl (C=O) groups is 2. The summed E-state index contributed by atoms with van der Waals surface area (Å²) >= 11 is 0. The summed E-state index contributed by atoms with van der Waals surface area (Å²) in [6, 6.07) is -0.732. The maximum atomic E-state index is 11.4. The molecular formula is C9H15NO5. The Hall–Kier alpha value is -1.30. The molecule has 0 aliphatic carbocycles. The second kappa shape index (κ2) is 4.97. The lowest BCUT2D eigenvalue weighted by atomic mass is 10.2. The van der Waals surface area contributed by atoms with Crippen LogP contribution in [0.3, 0.4) is 0 Å². The Balaban J connectivity index is 2.68. The number of aliphatic hydroxyl groups excluding tert-OH is 1. The van der Waals surface area contributed by atoms with Crippen molar-refractivity contribution in [2.45, 2.75) is 25.5 Å². The first-order chi connectivity index (χ1) is 7.10. The van der Waals surface area contributed by atoms with Crippen molar-refractivity contribution in [2.75, 3.05) is 20.3 Å². The average Bonchev–Trinajstić information content (AvgIpc) is 2.59. The minimum absolute atomic E-state index is 0.110. The number of amides is 1. The molecule has 15 heavy (non-hydrogen) atoms. The number of nitrogens with zero attached hydrogens (tertiary/aromatic N) is 1. The van der Waals surface area contributed by atoms with E-state index in [1.165, 1.54) is 12.0 Å². The molecule has 1 fully saturated rings. The molecule has 0 unspecified atom stereocenters. The fourth-order valence-corrected chi connectivity index (χ4v) is 1.58. The zero-order valence-electron chi connectivity index (χ0n) is 8.80. The van der Waals surface area contributed by atoms with Gasteiger partial charge in [-0.3, -0.25) is 4.90 Å². The standard InChI is InChI=1S/C9H15NO5/c1-3-15-9(13)10-5-6(11)4-7(10)8(12)14-2/h6-7,11H,3-5H2,1-2H3/t6-,7-/m0/s1. The van der Waals surface area contributed by atoms with Gasteiger partial charge in [0.1, 0.15) is 6.04 Å². The van der Waals surface area contributed by atoms with E-state index in [1.807, 2.05) is 0 Å². The first-order valence-corrected chi connectivity index (χ1v) is 4.79. The van der Waals surface area contributed by atoms with Crippen LogP contribution in [0.5, 0.6) is 0 Å². The van der Waals surface area contributed by atoms with E-state index in [0.717, 1.165) is 0 Å². The summed E-state index contributed by atoms with van der Waals surface area (Å²) in [4.78, 5) is 23.9. The van der Waals surface area contributed by atoms with Gasteiger partial charge < -0.3 is 14.6 Å². The van der Waals surface area contributed by atoms with Crippen LogP contribution in [-0.4, -0.2) is 54.5 Å². The van der Waals surface area contributed by atoms with Crippen LogP contribution in [0, 0.1) is 0 Å². The maximum Gasteiger partial charge on any atom is 0.410 e. The quantitative estimate of drug-likeness (QED) is 0.645. The second-order valence-corrected chi connectivity index (χ2v) is 3.28. The Morgan fingerprint density at radius 1 is 1.53 bits per heavy atom. The van der Waals surface area contributed by atoms with Crippen LogP contribution >= 0.6 is 0 Å². The van der Waals surface area contributed by atoms with Crippen molar-refractivity contribution < 1.29 is 24.2 Å². The summed E-state index contributed by atoms with van der Waals surface area (Å²) in [5, 5.41) is 9.37. The number of methoxy groups -OCH3 is 1. The highest BCUT2D eigenvalue weighted by molar-refractivity contribution is 5.82. The summed E-state index contributed by atoms with van der Waals surface area (Å²) in [6.07, 6.45) is -1.09. The molecule has 0 radical (unpaired) electrons. The van der Waals surface area contributed by atoms with Crippen LogP contribution in [0.4, 0.5) is 4.79 Å². The fraction of sp³-hybridized carbons (Fsp3) is 0.778. The molecule has 0 saturated carbocycles. The van der Waals surface area contributed by atoms with Gasteiger partial charge >= 0.3 is 12.1 Å². The molecular weight excluding hydrogens is 202 g/mol. The third-order valence-electron chi connectivity index (χ3n) is 2.25. The lowest BCUT2D eigenvalue weighted by Crippen LogP contribution is -2.41. The first-order valence-electron chi connectivity index (χ1n) is 4.79. The number of ether oxygens (including phenoxy) is 2. The lowest BCUT2D eigenvalue weighted by Gasteiger charge is -2.21. The summed E-state index contributed by atoms with van der Waals surface area (Å²) < 4.78 is 9.31. The number of rotatable bonds is 2. The van der Waals surface area contributed by atoms with Gasteiger partial charge in [0.25, 0.3) is 0 Å². The van der Waals surface area contributed by atoms with Crippen molar-refractivity contribution in [3.8, 4) is 0 Å². The summed E-state index contributed by atoms with van der Waals surface area (Å²) in [5.41, 5.74) is 0. The van der Waals surface area contributed by atoms with Crippen LogP contribution in [0.2, 0.25) is 0 Å². The maximum absolute atomic E-state index is 11.4. The summed E-state index contributed by atoms with van der Waals surface area (Å²) in [5.74, 6) is -0.528. The first kappa shape index (κ1) is 11.8. The molecule has 1 aliphatic heterocycles. The largest absolute Gasteiger partial charge is 0.467 e. The van der Waals surface area contributed by atoms with Crippen molar-refractivity contribution in [3.63, 3.8) is 0 Å². The number of carbonyl (C=O) groups excluding carboxylic acids is 2. The number of hydrogen-bond acceptors (Lipinski definition) is 5. The Morgan fingerprint density at radius 3 is 2.73 bits per heavy atom. The summed E-state index contributed by atoms with van der Waals surface area (Å²) in [7, 11) is 1.25. The summed E-state index contributed by atoms with van der Waals surface area (Å²) in [6.45, 7) is 2.02. The van der Waals surface area contributed by atoms with E-state index < -0.39 is 24.2 Å². The van der Waals surface area contributed by atoms with Gasteiger partial charge in [0.05, 0.1) is 26.4 Å². The Kier molecular flexibility index (Phi) is 3.90. The third kappa shape index (κ3) is 2.59. The van der Waals surface area contributed by atoms with Crippen LogP contribution in [-0.2, 0) is 14.3 Å². The SMILES string of the molecule is CCOC(=O)N1C[C@@H](O)C[C@H]1C(=O)OC. The van der Waals surface area contributed by atoms with E-state index in [-0.39, 0.29) is 19.6 Å². The van der Waals surface area contributed by atoms with Crippen LogP contribution in [0.1, 0.15) is 13.3 Å². The molecule has 0 aromatic carbocycles. The van der Waals surface area contributed by atoms with E-state index in [4.69, 9.17) is 4.74 Å². The molecule has 0 spiro atoms. The van der Waals surface area contributed by atoms with Gasteiger partial charge in [-0.05, 0) is 6.92 Å². The molecule has 1 aliphatic rings. The highest BCUT2D eigenvalue weighted by Gasteiger charge is 2.40. The van der Waals surface area contributed by atoms with E-state index >= 15 is 0 Å². The number of hydrogen-bond donors (Lipinski definition) is 1. The molecule has 1 amide bonds. The number of likely N-dealkylation sites (tertiary alicyclic amines) is 1. The highest BCUT2D eigenvalue weighted by Crippen LogP contribution is 2.19. The normalized spacial score (nSPS) is 25.1. The highest BCUT2D eigenvalue weighted by atomic mass is 16.6. The minimum Gasteiger partial charge on any atom is -0.467 e. The van der Waals surface area contributed by atoms with Gasteiger partial charge in [-0.1, -0.05) is 0 Å². The topological polar surface area (TPSA) is 76.1 Å². The molecule has 2 atom stereocenters. The molecule has 6 heteroatoms. The molecule has 0 bridgehead atoms. The van der Waals surface area contributed by atoms with Gasteiger partial charge in [0, 0.05) is 6.42 Å². The van der Waals surface area contributed by atoms with Gasteiger partial charge in [-0.15, -0.1) is 0 Å². The van der Waals surface area contributed by atoms with E-state index in [9.17, 15) is 14.7 Å². The minimum atomic E-state index is -0.732. The van der Waals surface area contributed by atoms with E-state index in [1.54, 1.807) is 6.92 Å². The van der Waals surface area contributed by atoms with Crippen molar-refractivity contribution in [1.82, 2.24) is 4.90 Å². The monoisotopic (exact) mass is 217 g/mol. The molecule has 0 aromatic rings. The average molecular weight is 217 g/mol. The Morgan fingerprint density at radius 2 is 2.20 bits per heavy atom. The van der Waals surface area contributed by atoms with Crippen molar-refractivity contribution in [3.05, 3.63) is 0 Å². The molecule has 0 aromatic heterocycles. The van der Waals surface area contributed by atoms with Gasteiger partial charge in [0.15, 0.2) is 0 Å². The molecule has 6 nitrogen and oxygen atoms in total. The van der Waals surface area contributed by atoms with Crippen LogP contribution in [0.25, 0.3) is 0 Å². The van der Waals surface area contributed by atoms with Crippen LogP contribution in [0.15, 0.2) is 0 Å². The molecule has 1 rings (SSSR count). The number of β-amino-alcohol motifs (C(OH)–C–C–N with tert-alkyl or cyclic N) is 1. The molecule has 1 heterocycles. The lowest BCUT2D eigenvalue weighted by molar-refractivity contribution is -0.145. The Labute approximate surface area is 87.8 Å². The zero-order valence-corrected chi connectivity index (χ0v) is 8.80. The molecule has 1 saturated heterocycles. The van der Waals surface area contributed by atoms with E-state index in [2.05, 4.69) is 4.74 Å². The predicted molar refractivity (Wildman–Crippen MR) is 50.2 cm³/mol. The number of esters is 1. The van der Waals surface area contributed by atoms with Crippen molar-refractivity contribution in [2.24, 2.45) is 0 Å². The predicted octanol–water partition coefficient (Wildman–Crippen LogP) is -0.249. The van der Waals surface area contributed by atoms with Gasteiger partial charge in [-0.2, -0.15) is 0 Å². The van der Waals surface area contributed by atoms with Gasteiger partial charge in [0.2, 0.25) is 0 Å². The molecule has 1 N–H and O–H groups in total. The Bertz CT molecular complexity index is 255. The van der Waals surface area contributed by atoms with Gasteiger partial charge in [-0.25, -0.2) is 9.59 Å².